The number of para-hydroxylation sites is 1. The van der Waals surface area contributed by atoms with Crippen LogP contribution in [0.25, 0.3) is 0 Å². The van der Waals surface area contributed by atoms with E-state index in [1.54, 1.807) is 23.1 Å². The summed E-state index contributed by atoms with van der Waals surface area (Å²) in [5, 5.41) is 0. The van der Waals surface area contributed by atoms with E-state index in [1.807, 2.05) is 17.1 Å². The van der Waals surface area contributed by atoms with Crippen molar-refractivity contribution in [2.24, 2.45) is 11.8 Å². The number of fused-ring (bicyclic) bond motifs is 1. The standard InChI is InChI=1S/C20H22FN3O3/c21-16-7-3-4-8-17(16)22-9-11-23(12-10-22)18(25)13-24-19(26)14-5-1-2-6-15(14)20(24)27/h1-4,7-8,14-15H,5-6,9-13H2/t14-,15-/m1/s1. The molecule has 0 N–H and O–H groups in total. The SMILES string of the molecule is O=C(CN1C(=O)[C@@H]2CC=CC[C@H]2C1=O)N1CCN(c2ccccc2F)CC1. The summed E-state index contributed by atoms with van der Waals surface area (Å²) in [4.78, 5) is 42.3. The molecule has 2 fully saturated rings. The lowest BCUT2D eigenvalue weighted by Crippen LogP contribution is -2.52. The van der Waals surface area contributed by atoms with Crippen molar-refractivity contribution in [1.29, 1.82) is 0 Å². The monoisotopic (exact) mass is 371 g/mol. The van der Waals surface area contributed by atoms with Gasteiger partial charge in [-0.3, -0.25) is 19.3 Å². The first-order valence-electron chi connectivity index (χ1n) is 9.33. The zero-order chi connectivity index (χ0) is 19.0. The van der Waals surface area contributed by atoms with Crippen molar-refractivity contribution in [2.45, 2.75) is 12.8 Å². The maximum atomic E-state index is 13.9. The highest BCUT2D eigenvalue weighted by molar-refractivity contribution is 6.07. The number of imide groups is 1. The summed E-state index contributed by atoms with van der Waals surface area (Å²) in [5.74, 6) is -1.58. The van der Waals surface area contributed by atoms with Gasteiger partial charge < -0.3 is 9.80 Å². The number of amides is 3. The average molecular weight is 371 g/mol. The van der Waals surface area contributed by atoms with Crippen LogP contribution >= 0.6 is 0 Å². The van der Waals surface area contributed by atoms with E-state index in [2.05, 4.69) is 0 Å². The summed E-state index contributed by atoms with van der Waals surface area (Å²) in [5.41, 5.74) is 0.533. The smallest absolute Gasteiger partial charge is 0.242 e. The van der Waals surface area contributed by atoms with E-state index in [9.17, 15) is 18.8 Å². The molecule has 0 spiro atoms. The normalized spacial score (nSPS) is 25.1. The van der Waals surface area contributed by atoms with Crippen LogP contribution in [0.1, 0.15) is 12.8 Å². The number of anilines is 1. The molecule has 1 aromatic carbocycles. The Morgan fingerprint density at radius 1 is 0.963 bits per heavy atom. The van der Waals surface area contributed by atoms with Crippen LogP contribution in [0.4, 0.5) is 10.1 Å². The Balaban J connectivity index is 1.36. The van der Waals surface area contributed by atoms with Gasteiger partial charge in [-0.05, 0) is 25.0 Å². The van der Waals surface area contributed by atoms with E-state index >= 15 is 0 Å². The molecule has 3 aliphatic rings. The number of piperazine rings is 1. The van der Waals surface area contributed by atoms with Crippen LogP contribution < -0.4 is 4.90 Å². The van der Waals surface area contributed by atoms with Crippen LogP contribution in [0.5, 0.6) is 0 Å². The van der Waals surface area contributed by atoms with E-state index < -0.39 is 0 Å². The topological polar surface area (TPSA) is 60.9 Å². The third-order valence-electron chi connectivity index (χ3n) is 5.72. The summed E-state index contributed by atoms with van der Waals surface area (Å²) in [6, 6.07) is 6.58. The van der Waals surface area contributed by atoms with Gasteiger partial charge >= 0.3 is 0 Å². The van der Waals surface area contributed by atoms with Crippen molar-refractivity contribution >= 4 is 23.4 Å². The number of benzene rings is 1. The zero-order valence-corrected chi connectivity index (χ0v) is 15.0. The minimum atomic E-state index is -0.312. The van der Waals surface area contributed by atoms with E-state index in [0.717, 1.165) is 4.90 Å². The molecule has 0 radical (unpaired) electrons. The zero-order valence-electron chi connectivity index (χ0n) is 15.0. The predicted molar refractivity (Wildman–Crippen MR) is 97.3 cm³/mol. The molecule has 27 heavy (non-hydrogen) atoms. The average Bonchev–Trinajstić information content (AvgIpc) is 2.94. The van der Waals surface area contributed by atoms with Gasteiger partial charge in [0.15, 0.2) is 0 Å². The van der Waals surface area contributed by atoms with E-state index in [4.69, 9.17) is 0 Å². The van der Waals surface area contributed by atoms with Crippen molar-refractivity contribution in [1.82, 2.24) is 9.80 Å². The molecule has 142 valence electrons. The van der Waals surface area contributed by atoms with Crippen molar-refractivity contribution in [3.8, 4) is 0 Å². The predicted octanol–water partition coefficient (Wildman–Crippen LogP) is 1.43. The lowest BCUT2D eigenvalue weighted by atomic mass is 9.85. The molecule has 1 aliphatic carbocycles. The van der Waals surface area contributed by atoms with Crippen LogP contribution in [0.2, 0.25) is 0 Å². The minimum absolute atomic E-state index is 0.190. The third kappa shape index (κ3) is 3.22. The molecule has 1 aromatic rings. The van der Waals surface area contributed by atoms with Crippen molar-refractivity contribution < 1.29 is 18.8 Å². The maximum Gasteiger partial charge on any atom is 0.242 e. The van der Waals surface area contributed by atoms with Crippen molar-refractivity contribution in [2.75, 3.05) is 37.6 Å². The molecule has 4 rings (SSSR count). The molecule has 0 unspecified atom stereocenters. The highest BCUT2D eigenvalue weighted by Gasteiger charge is 2.48. The lowest BCUT2D eigenvalue weighted by Gasteiger charge is -2.36. The van der Waals surface area contributed by atoms with Crippen LogP contribution in [0, 0.1) is 17.7 Å². The molecule has 0 saturated carbocycles. The molecule has 2 atom stereocenters. The summed E-state index contributed by atoms with van der Waals surface area (Å²) in [6.45, 7) is 1.73. The summed E-state index contributed by atoms with van der Waals surface area (Å²) in [6.07, 6.45) is 5.00. The largest absolute Gasteiger partial charge is 0.366 e. The third-order valence-corrected chi connectivity index (χ3v) is 5.72. The van der Waals surface area contributed by atoms with Crippen LogP contribution in [0.3, 0.4) is 0 Å². The molecule has 3 amide bonds. The summed E-state index contributed by atoms with van der Waals surface area (Å²) in [7, 11) is 0. The second-order valence-corrected chi connectivity index (χ2v) is 7.24. The Morgan fingerprint density at radius 3 is 2.15 bits per heavy atom. The fourth-order valence-electron chi connectivity index (χ4n) is 4.17. The second-order valence-electron chi connectivity index (χ2n) is 7.24. The number of nitrogens with zero attached hydrogens (tertiary/aromatic N) is 3. The molecule has 6 nitrogen and oxygen atoms in total. The molecular weight excluding hydrogens is 349 g/mol. The van der Waals surface area contributed by atoms with Gasteiger partial charge in [-0.2, -0.15) is 0 Å². The number of hydrogen-bond acceptors (Lipinski definition) is 4. The van der Waals surface area contributed by atoms with E-state index in [0.29, 0.717) is 44.7 Å². The number of halogens is 1. The molecule has 2 heterocycles. The van der Waals surface area contributed by atoms with Crippen molar-refractivity contribution in [3.05, 3.63) is 42.2 Å². The van der Waals surface area contributed by atoms with Gasteiger partial charge in [0.1, 0.15) is 12.4 Å². The fourth-order valence-corrected chi connectivity index (χ4v) is 4.17. The fraction of sp³-hybridized carbons (Fsp3) is 0.450. The quantitative estimate of drug-likeness (QED) is 0.596. The molecule has 0 bridgehead atoms. The van der Waals surface area contributed by atoms with Gasteiger partial charge in [0.25, 0.3) is 0 Å². The van der Waals surface area contributed by atoms with Gasteiger partial charge in [-0.25, -0.2) is 4.39 Å². The van der Waals surface area contributed by atoms with Gasteiger partial charge in [-0.1, -0.05) is 24.3 Å². The lowest BCUT2D eigenvalue weighted by molar-refractivity contribution is -0.146. The van der Waals surface area contributed by atoms with Gasteiger partial charge in [0.2, 0.25) is 17.7 Å². The Morgan fingerprint density at radius 2 is 1.56 bits per heavy atom. The number of rotatable bonds is 3. The first-order chi connectivity index (χ1) is 13.1. The van der Waals surface area contributed by atoms with Gasteiger partial charge in [0, 0.05) is 26.2 Å². The number of likely N-dealkylation sites (tertiary alicyclic amines) is 1. The van der Waals surface area contributed by atoms with Gasteiger partial charge in [0.05, 0.1) is 17.5 Å². The van der Waals surface area contributed by atoms with Crippen molar-refractivity contribution in [3.63, 3.8) is 0 Å². The Bertz CT molecular complexity index is 775. The first kappa shape index (κ1) is 17.7. The first-order valence-corrected chi connectivity index (χ1v) is 9.33. The molecule has 7 heteroatoms. The second kappa shape index (κ2) is 7.13. The summed E-state index contributed by atoms with van der Waals surface area (Å²) >= 11 is 0. The van der Waals surface area contributed by atoms with Crippen LogP contribution in [0.15, 0.2) is 36.4 Å². The Kier molecular flexibility index (Phi) is 4.68. The Hall–Kier alpha value is -2.70. The van der Waals surface area contributed by atoms with Crippen LogP contribution in [-0.4, -0.2) is 60.2 Å². The number of carbonyl (C=O) groups is 3. The van der Waals surface area contributed by atoms with E-state index in [1.165, 1.54) is 6.07 Å². The van der Waals surface area contributed by atoms with Gasteiger partial charge in [-0.15, -0.1) is 0 Å². The highest BCUT2D eigenvalue weighted by atomic mass is 19.1. The summed E-state index contributed by atoms with van der Waals surface area (Å²) < 4.78 is 13.9. The van der Waals surface area contributed by atoms with Crippen LogP contribution in [-0.2, 0) is 14.4 Å². The number of allylic oxidation sites excluding steroid dienone is 2. The Labute approximate surface area is 157 Å². The highest BCUT2D eigenvalue weighted by Crippen LogP contribution is 2.35. The molecule has 0 aromatic heterocycles. The van der Waals surface area contributed by atoms with E-state index in [-0.39, 0.29) is 41.9 Å². The molecular formula is C20H22FN3O3. The number of carbonyl (C=O) groups excluding carboxylic acids is 3. The minimum Gasteiger partial charge on any atom is -0.366 e. The molecule has 2 saturated heterocycles. The maximum absolute atomic E-state index is 13.9. The number of hydrogen-bond donors (Lipinski definition) is 0. The molecule has 2 aliphatic heterocycles.